The van der Waals surface area contributed by atoms with Gasteiger partial charge in [0.1, 0.15) is 7.85 Å². The summed E-state index contributed by atoms with van der Waals surface area (Å²) in [6.45, 7) is 0.674. The van der Waals surface area contributed by atoms with Gasteiger partial charge in [-0.25, -0.2) is 0 Å². The van der Waals surface area contributed by atoms with E-state index >= 15 is 0 Å². The van der Waals surface area contributed by atoms with Crippen LogP contribution in [0.5, 0.6) is 0 Å². The maximum absolute atomic E-state index is 5.48. The monoisotopic (exact) mass is 126 g/mol. The highest BCUT2D eigenvalue weighted by molar-refractivity contribution is 6.11. The van der Waals surface area contributed by atoms with E-state index in [2.05, 4.69) is 0 Å². The summed E-state index contributed by atoms with van der Waals surface area (Å²) in [6, 6.07) is -0.0508. The summed E-state index contributed by atoms with van der Waals surface area (Å²) in [5, 5.41) is 0. The normalized spacial score (nSPS) is 35.2. The molecule has 2 unspecified atom stereocenters. The first kappa shape index (κ1) is 7.10. The van der Waals surface area contributed by atoms with Crippen molar-refractivity contribution in [2.24, 2.45) is 0 Å². The fourth-order valence-corrected chi connectivity index (χ4v) is 1.04. The van der Waals surface area contributed by atoms with E-state index in [1.54, 1.807) is 7.11 Å². The first-order chi connectivity index (χ1) is 4.33. The van der Waals surface area contributed by atoms with Gasteiger partial charge >= 0.3 is 0 Å². The number of methoxy groups -OCH3 is 1. The number of hydrogen-bond acceptors (Lipinski definition) is 2. The van der Waals surface area contributed by atoms with Gasteiger partial charge in [-0.05, 0) is 12.8 Å². The molecule has 2 atom stereocenters. The lowest BCUT2D eigenvalue weighted by molar-refractivity contribution is 0.0251. The quantitative estimate of drug-likeness (QED) is 0.495. The van der Waals surface area contributed by atoms with Crippen LogP contribution in [0.3, 0.4) is 0 Å². The molecule has 0 saturated carbocycles. The first-order valence-corrected chi connectivity index (χ1v) is 3.23. The van der Waals surface area contributed by atoms with Gasteiger partial charge in [-0.15, -0.1) is 0 Å². The Kier molecular flexibility index (Phi) is 2.55. The molecule has 9 heavy (non-hydrogen) atoms. The molecule has 0 aliphatic carbocycles. The molecule has 2 nitrogen and oxygen atoms in total. The van der Waals surface area contributed by atoms with Crippen LogP contribution in [0.1, 0.15) is 12.8 Å². The number of hydrogen-bond donors (Lipinski definition) is 0. The zero-order valence-corrected chi connectivity index (χ0v) is 5.67. The fourth-order valence-electron chi connectivity index (χ4n) is 1.04. The van der Waals surface area contributed by atoms with Gasteiger partial charge in [0.15, 0.2) is 0 Å². The standard InChI is InChI=1S/C6H11BO2/c1-8-4-5-2-3-6(7)9-5/h5-6H,2-4H2,1H3. The summed E-state index contributed by atoms with van der Waals surface area (Å²) in [5.41, 5.74) is 0. The molecule has 0 spiro atoms. The van der Waals surface area contributed by atoms with E-state index in [0.717, 1.165) is 12.8 Å². The van der Waals surface area contributed by atoms with Crippen molar-refractivity contribution >= 4 is 7.85 Å². The Bertz CT molecular complexity index is 85.1. The Balaban J connectivity index is 2.14. The summed E-state index contributed by atoms with van der Waals surface area (Å²) in [5.74, 6) is 0. The molecule has 1 saturated heterocycles. The summed E-state index contributed by atoms with van der Waals surface area (Å²) in [4.78, 5) is 0. The average molecular weight is 126 g/mol. The molecule has 1 fully saturated rings. The molecule has 1 rings (SSSR count). The molecule has 1 aliphatic rings. The van der Waals surface area contributed by atoms with Crippen LogP contribution in [0.2, 0.25) is 0 Å². The van der Waals surface area contributed by atoms with Crippen molar-refractivity contribution < 1.29 is 9.47 Å². The van der Waals surface area contributed by atoms with Crippen LogP contribution in [0, 0.1) is 0 Å². The smallest absolute Gasteiger partial charge is 0.109 e. The maximum Gasteiger partial charge on any atom is 0.109 e. The van der Waals surface area contributed by atoms with Crippen LogP contribution < -0.4 is 0 Å². The van der Waals surface area contributed by atoms with E-state index in [9.17, 15) is 0 Å². The molecule has 0 aromatic carbocycles. The Morgan fingerprint density at radius 2 is 2.44 bits per heavy atom. The average Bonchev–Trinajstić information content (AvgIpc) is 2.17. The van der Waals surface area contributed by atoms with Crippen LogP contribution in [0.4, 0.5) is 0 Å². The molecule has 0 aromatic heterocycles. The van der Waals surface area contributed by atoms with Gasteiger partial charge in [0.05, 0.1) is 12.7 Å². The third kappa shape index (κ3) is 1.99. The summed E-state index contributed by atoms with van der Waals surface area (Å²) in [6.07, 6.45) is 2.24. The zero-order valence-electron chi connectivity index (χ0n) is 5.67. The van der Waals surface area contributed by atoms with E-state index in [4.69, 9.17) is 17.3 Å². The van der Waals surface area contributed by atoms with Crippen molar-refractivity contribution in [3.05, 3.63) is 0 Å². The highest BCUT2D eigenvalue weighted by atomic mass is 16.5. The van der Waals surface area contributed by atoms with E-state index in [-0.39, 0.29) is 12.1 Å². The SMILES string of the molecule is [B]C1CCC(COC)O1. The molecule has 1 aliphatic heterocycles. The Morgan fingerprint density at radius 1 is 1.67 bits per heavy atom. The second-order valence-electron chi connectivity index (χ2n) is 2.33. The van der Waals surface area contributed by atoms with Crippen LogP contribution >= 0.6 is 0 Å². The lowest BCUT2D eigenvalue weighted by Crippen LogP contribution is -2.15. The van der Waals surface area contributed by atoms with Crippen molar-refractivity contribution in [1.82, 2.24) is 0 Å². The lowest BCUT2D eigenvalue weighted by atomic mass is 9.97. The molecule has 1 heterocycles. The number of ether oxygens (including phenoxy) is 2. The zero-order chi connectivity index (χ0) is 6.69. The highest BCUT2D eigenvalue weighted by Crippen LogP contribution is 2.16. The largest absolute Gasteiger partial charge is 0.382 e. The number of rotatable bonds is 2. The first-order valence-electron chi connectivity index (χ1n) is 3.23. The highest BCUT2D eigenvalue weighted by Gasteiger charge is 2.20. The van der Waals surface area contributed by atoms with Gasteiger partial charge in [-0.2, -0.15) is 0 Å². The molecule has 50 valence electrons. The van der Waals surface area contributed by atoms with Crippen molar-refractivity contribution in [2.75, 3.05) is 13.7 Å². The molecule has 3 heteroatoms. The van der Waals surface area contributed by atoms with E-state index in [1.165, 1.54) is 0 Å². The van der Waals surface area contributed by atoms with Gasteiger partial charge in [0.2, 0.25) is 0 Å². The minimum atomic E-state index is -0.0508. The molecule has 0 N–H and O–H groups in total. The van der Waals surface area contributed by atoms with Crippen LogP contribution in [-0.2, 0) is 9.47 Å². The van der Waals surface area contributed by atoms with Crippen molar-refractivity contribution in [3.8, 4) is 0 Å². The molecular formula is C6H11BO2. The molecule has 0 bridgehead atoms. The predicted octanol–water partition coefficient (Wildman–Crippen LogP) is 0.306. The topological polar surface area (TPSA) is 18.5 Å². The second kappa shape index (κ2) is 3.23. The van der Waals surface area contributed by atoms with E-state index in [1.807, 2.05) is 0 Å². The van der Waals surface area contributed by atoms with Gasteiger partial charge < -0.3 is 9.47 Å². The minimum absolute atomic E-state index is 0.0508. The van der Waals surface area contributed by atoms with Crippen molar-refractivity contribution in [3.63, 3.8) is 0 Å². The Labute approximate surface area is 56.9 Å². The van der Waals surface area contributed by atoms with E-state index < -0.39 is 0 Å². The fraction of sp³-hybridized carbons (Fsp3) is 1.00. The maximum atomic E-state index is 5.48. The molecule has 0 aromatic rings. The second-order valence-corrected chi connectivity index (χ2v) is 2.33. The Morgan fingerprint density at radius 3 is 2.89 bits per heavy atom. The van der Waals surface area contributed by atoms with Crippen LogP contribution in [-0.4, -0.2) is 33.7 Å². The predicted molar refractivity (Wildman–Crippen MR) is 35.5 cm³/mol. The lowest BCUT2D eigenvalue weighted by Gasteiger charge is -2.08. The van der Waals surface area contributed by atoms with Crippen LogP contribution in [0.15, 0.2) is 0 Å². The molecule has 2 radical (unpaired) electrons. The summed E-state index contributed by atoms with van der Waals surface area (Å²) in [7, 11) is 7.15. The van der Waals surface area contributed by atoms with Gasteiger partial charge in [-0.3, -0.25) is 0 Å². The third-order valence-corrected chi connectivity index (χ3v) is 1.49. The van der Waals surface area contributed by atoms with Crippen LogP contribution in [0.25, 0.3) is 0 Å². The van der Waals surface area contributed by atoms with Crippen molar-refractivity contribution in [1.29, 1.82) is 0 Å². The minimum Gasteiger partial charge on any atom is -0.382 e. The van der Waals surface area contributed by atoms with E-state index in [0.29, 0.717) is 6.61 Å². The summed E-state index contributed by atoms with van der Waals surface area (Å²) >= 11 is 0. The third-order valence-electron chi connectivity index (χ3n) is 1.49. The van der Waals surface area contributed by atoms with Gasteiger partial charge in [0, 0.05) is 13.1 Å². The Hall–Kier alpha value is -0.0151. The van der Waals surface area contributed by atoms with Crippen molar-refractivity contribution in [2.45, 2.75) is 24.9 Å². The molecule has 0 amide bonds. The van der Waals surface area contributed by atoms with Gasteiger partial charge in [-0.1, -0.05) is 0 Å². The van der Waals surface area contributed by atoms with Gasteiger partial charge in [0.25, 0.3) is 0 Å². The summed E-state index contributed by atoms with van der Waals surface area (Å²) < 4.78 is 10.1. The molecular weight excluding hydrogens is 115 g/mol.